The summed E-state index contributed by atoms with van der Waals surface area (Å²) in [4.78, 5) is 0. The van der Waals surface area contributed by atoms with Crippen molar-refractivity contribution in [2.45, 2.75) is 31.2 Å². The van der Waals surface area contributed by atoms with Gasteiger partial charge in [-0.15, -0.1) is 11.6 Å². The van der Waals surface area contributed by atoms with Crippen LogP contribution in [0.2, 0.25) is 0 Å². The van der Waals surface area contributed by atoms with Crippen LogP contribution in [0.25, 0.3) is 5.69 Å². The van der Waals surface area contributed by atoms with Crippen molar-refractivity contribution in [1.29, 1.82) is 0 Å². The lowest BCUT2D eigenvalue weighted by atomic mass is 9.93. The van der Waals surface area contributed by atoms with E-state index in [-0.39, 0.29) is 11.5 Å². The number of hydrogen-bond donors (Lipinski definition) is 0. The molecule has 3 unspecified atom stereocenters. The van der Waals surface area contributed by atoms with E-state index in [9.17, 15) is 0 Å². The van der Waals surface area contributed by atoms with E-state index in [4.69, 9.17) is 16.3 Å². The van der Waals surface area contributed by atoms with Crippen LogP contribution in [0.3, 0.4) is 0 Å². The Morgan fingerprint density at radius 3 is 2.95 bits per heavy atom. The zero-order chi connectivity index (χ0) is 13.9. The second-order valence-corrected chi connectivity index (χ2v) is 5.70. The quantitative estimate of drug-likeness (QED) is 0.797. The van der Waals surface area contributed by atoms with Crippen molar-refractivity contribution in [3.63, 3.8) is 0 Å². The first-order chi connectivity index (χ1) is 9.79. The molecule has 0 aliphatic carbocycles. The van der Waals surface area contributed by atoms with Gasteiger partial charge in [0.1, 0.15) is 0 Å². The maximum absolute atomic E-state index is 6.65. The molecule has 4 heteroatoms. The van der Waals surface area contributed by atoms with Gasteiger partial charge in [-0.2, -0.15) is 5.10 Å². The van der Waals surface area contributed by atoms with Gasteiger partial charge in [0.2, 0.25) is 0 Å². The molecule has 1 aromatic heterocycles. The van der Waals surface area contributed by atoms with Gasteiger partial charge in [0.15, 0.2) is 0 Å². The molecule has 1 aliphatic rings. The highest BCUT2D eigenvalue weighted by molar-refractivity contribution is 6.21. The fraction of sp³-hybridized carbons (Fsp3) is 0.438. The first-order valence-electron chi connectivity index (χ1n) is 7.15. The van der Waals surface area contributed by atoms with Crippen LogP contribution < -0.4 is 0 Å². The zero-order valence-electron chi connectivity index (χ0n) is 11.6. The van der Waals surface area contributed by atoms with Gasteiger partial charge >= 0.3 is 0 Å². The van der Waals surface area contributed by atoms with Crippen molar-refractivity contribution >= 4 is 11.6 Å². The van der Waals surface area contributed by atoms with E-state index in [0.29, 0.717) is 5.92 Å². The van der Waals surface area contributed by atoms with Crippen molar-refractivity contribution in [1.82, 2.24) is 9.78 Å². The summed E-state index contributed by atoms with van der Waals surface area (Å²) in [6.45, 7) is 2.97. The number of benzene rings is 1. The third kappa shape index (κ3) is 2.60. The molecule has 1 aromatic carbocycles. The molecule has 3 rings (SSSR count). The van der Waals surface area contributed by atoms with E-state index in [2.05, 4.69) is 12.0 Å². The van der Waals surface area contributed by atoms with Crippen molar-refractivity contribution in [2.75, 3.05) is 6.61 Å². The molecule has 0 radical (unpaired) electrons. The second-order valence-electron chi connectivity index (χ2n) is 5.23. The summed E-state index contributed by atoms with van der Waals surface area (Å²) in [7, 11) is 0. The number of nitrogens with zero attached hydrogens (tertiary/aromatic N) is 2. The smallest absolute Gasteiger partial charge is 0.0670 e. The van der Waals surface area contributed by atoms with Crippen LogP contribution in [0.5, 0.6) is 0 Å². The molecule has 2 heterocycles. The molecule has 3 atom stereocenters. The molecule has 1 aliphatic heterocycles. The summed E-state index contributed by atoms with van der Waals surface area (Å²) in [5.74, 6) is 0.384. The zero-order valence-corrected chi connectivity index (χ0v) is 12.3. The maximum Gasteiger partial charge on any atom is 0.0670 e. The number of hydrogen-bond acceptors (Lipinski definition) is 2. The highest BCUT2D eigenvalue weighted by Crippen LogP contribution is 2.39. The van der Waals surface area contributed by atoms with Gasteiger partial charge in [-0.05, 0) is 25.0 Å². The van der Waals surface area contributed by atoms with Gasteiger partial charge in [0, 0.05) is 24.3 Å². The Labute approximate surface area is 124 Å². The average Bonchev–Trinajstić information content (AvgIpc) is 3.16. The highest BCUT2D eigenvalue weighted by Gasteiger charge is 2.34. The standard InChI is InChI=1S/C16H19ClN2O/c1-2-15-14(8-9-20-15)16(17)12-10-18-19(11-12)13-6-4-3-5-7-13/h3-7,10-11,14-16H,2,8-9H2,1H3. The molecule has 20 heavy (non-hydrogen) atoms. The lowest BCUT2D eigenvalue weighted by molar-refractivity contribution is 0.0864. The lowest BCUT2D eigenvalue weighted by Gasteiger charge is -2.21. The number of para-hydroxylation sites is 1. The normalized spacial score (nSPS) is 23.9. The Hall–Kier alpha value is -1.32. The summed E-state index contributed by atoms with van der Waals surface area (Å²) >= 11 is 6.65. The third-order valence-electron chi connectivity index (χ3n) is 3.98. The molecule has 3 nitrogen and oxygen atoms in total. The molecule has 106 valence electrons. The Bertz CT molecular complexity index is 555. The predicted molar refractivity (Wildman–Crippen MR) is 80.3 cm³/mol. The van der Waals surface area contributed by atoms with Gasteiger partial charge in [0.05, 0.1) is 23.4 Å². The first kappa shape index (κ1) is 13.7. The molecule has 0 bridgehead atoms. The molecule has 2 aromatic rings. The lowest BCUT2D eigenvalue weighted by Crippen LogP contribution is -2.18. The number of halogens is 1. The van der Waals surface area contributed by atoms with Crippen LogP contribution in [0, 0.1) is 5.92 Å². The third-order valence-corrected chi connectivity index (χ3v) is 4.56. The molecular formula is C16H19ClN2O. The summed E-state index contributed by atoms with van der Waals surface area (Å²) in [5.41, 5.74) is 2.13. The molecule has 0 N–H and O–H groups in total. The first-order valence-corrected chi connectivity index (χ1v) is 7.59. The molecule has 1 saturated heterocycles. The van der Waals surface area contributed by atoms with Crippen LogP contribution >= 0.6 is 11.6 Å². The van der Waals surface area contributed by atoms with E-state index in [0.717, 1.165) is 30.7 Å². The second kappa shape index (κ2) is 5.98. The van der Waals surface area contributed by atoms with Gasteiger partial charge < -0.3 is 4.74 Å². The topological polar surface area (TPSA) is 27.1 Å². The largest absolute Gasteiger partial charge is 0.378 e. The number of ether oxygens (including phenoxy) is 1. The minimum atomic E-state index is -0.0279. The Balaban J connectivity index is 1.80. The maximum atomic E-state index is 6.65. The fourth-order valence-corrected chi connectivity index (χ4v) is 3.27. The van der Waals surface area contributed by atoms with Gasteiger partial charge in [0.25, 0.3) is 0 Å². The van der Waals surface area contributed by atoms with E-state index in [1.54, 1.807) is 0 Å². The van der Waals surface area contributed by atoms with Crippen molar-refractivity contribution in [2.24, 2.45) is 5.92 Å². The predicted octanol–water partition coefficient (Wildman–Crippen LogP) is 3.97. The monoisotopic (exact) mass is 290 g/mol. The Morgan fingerprint density at radius 1 is 1.40 bits per heavy atom. The average molecular weight is 291 g/mol. The molecule has 0 saturated carbocycles. The van der Waals surface area contributed by atoms with Crippen molar-refractivity contribution in [3.05, 3.63) is 48.3 Å². The van der Waals surface area contributed by atoms with Crippen LogP contribution in [0.1, 0.15) is 30.7 Å². The van der Waals surface area contributed by atoms with E-state index in [1.165, 1.54) is 0 Å². The summed E-state index contributed by atoms with van der Waals surface area (Å²) in [5, 5.41) is 4.39. The minimum absolute atomic E-state index is 0.0279. The van der Waals surface area contributed by atoms with Crippen molar-refractivity contribution < 1.29 is 4.74 Å². The molecule has 0 amide bonds. The van der Waals surface area contributed by atoms with Gasteiger partial charge in [-0.25, -0.2) is 4.68 Å². The van der Waals surface area contributed by atoms with Gasteiger partial charge in [-0.3, -0.25) is 0 Å². The van der Waals surface area contributed by atoms with E-state index in [1.807, 2.05) is 47.4 Å². The number of aromatic nitrogens is 2. The Morgan fingerprint density at radius 2 is 2.20 bits per heavy atom. The summed E-state index contributed by atoms with van der Waals surface area (Å²) in [6, 6.07) is 10.1. The van der Waals surface area contributed by atoms with Crippen LogP contribution in [0.4, 0.5) is 0 Å². The highest BCUT2D eigenvalue weighted by atomic mass is 35.5. The van der Waals surface area contributed by atoms with Crippen LogP contribution in [-0.2, 0) is 4.74 Å². The van der Waals surface area contributed by atoms with Crippen molar-refractivity contribution in [3.8, 4) is 5.69 Å². The van der Waals surface area contributed by atoms with Gasteiger partial charge in [-0.1, -0.05) is 25.1 Å². The summed E-state index contributed by atoms with van der Waals surface area (Å²) < 4.78 is 7.61. The van der Waals surface area contributed by atoms with Crippen LogP contribution in [-0.4, -0.2) is 22.5 Å². The Kier molecular flexibility index (Phi) is 4.08. The van der Waals surface area contributed by atoms with Crippen LogP contribution in [0.15, 0.2) is 42.7 Å². The van der Waals surface area contributed by atoms with E-state index >= 15 is 0 Å². The SMILES string of the molecule is CCC1OCCC1C(Cl)c1cnn(-c2ccccc2)c1. The molecule has 0 spiro atoms. The fourth-order valence-electron chi connectivity index (χ4n) is 2.87. The number of alkyl halides is 1. The molecular weight excluding hydrogens is 272 g/mol. The van der Waals surface area contributed by atoms with E-state index < -0.39 is 0 Å². The number of rotatable bonds is 4. The summed E-state index contributed by atoms with van der Waals surface area (Å²) in [6.07, 6.45) is 6.22. The molecule has 1 fully saturated rings. The minimum Gasteiger partial charge on any atom is -0.378 e.